The number of halogens is 3. The lowest BCUT2D eigenvalue weighted by molar-refractivity contribution is 0.536. The number of rotatable bonds is 42. The van der Waals surface area contributed by atoms with E-state index in [1.807, 2.05) is 0 Å². The Labute approximate surface area is 375 Å². The minimum Gasteiger partial charge on any atom is -0.330 e. The summed E-state index contributed by atoms with van der Waals surface area (Å²) < 4.78 is 0. The summed E-state index contributed by atoms with van der Waals surface area (Å²) >= 11 is 0. The maximum absolute atomic E-state index is 5.47. The van der Waals surface area contributed by atoms with Gasteiger partial charge < -0.3 is 17.2 Å². The van der Waals surface area contributed by atoms with Crippen molar-refractivity contribution in [2.24, 2.45) is 17.2 Å². The molecule has 0 rings (SSSR count). The molecule has 0 aromatic heterocycles. The summed E-state index contributed by atoms with van der Waals surface area (Å²) in [5, 5.41) is 0. The molecule has 0 aromatic carbocycles. The van der Waals surface area contributed by atoms with E-state index in [0.29, 0.717) is 0 Å². The smallest absolute Gasteiger partial charge is 0.00773 e. The molecular formula is C48H108Br3N3. The fraction of sp³-hybridized carbons (Fsp3) is 1.00. The second kappa shape index (κ2) is 72.0. The molecule has 0 aliphatic carbocycles. The van der Waals surface area contributed by atoms with Gasteiger partial charge in [0.15, 0.2) is 0 Å². The lowest BCUT2D eigenvalue weighted by Crippen LogP contribution is -1.97. The van der Waals surface area contributed by atoms with E-state index in [2.05, 4.69) is 20.8 Å². The van der Waals surface area contributed by atoms with E-state index in [9.17, 15) is 0 Å². The summed E-state index contributed by atoms with van der Waals surface area (Å²) in [6, 6.07) is 0. The summed E-state index contributed by atoms with van der Waals surface area (Å²) in [6.07, 6.45) is 59.6. The van der Waals surface area contributed by atoms with Crippen molar-refractivity contribution in [2.45, 2.75) is 290 Å². The van der Waals surface area contributed by atoms with Gasteiger partial charge in [-0.05, 0) is 38.9 Å². The van der Waals surface area contributed by atoms with Gasteiger partial charge in [-0.25, -0.2) is 0 Å². The quantitative estimate of drug-likeness (QED) is 0.0534. The first-order chi connectivity index (χ1) is 25.2. The van der Waals surface area contributed by atoms with Crippen molar-refractivity contribution in [2.75, 3.05) is 19.6 Å². The normalized spacial score (nSPS) is 10.3. The third-order valence-corrected chi connectivity index (χ3v) is 10.7. The number of hydrogen-bond acceptors (Lipinski definition) is 3. The van der Waals surface area contributed by atoms with Crippen LogP contribution in [0.15, 0.2) is 0 Å². The van der Waals surface area contributed by atoms with E-state index in [-0.39, 0.29) is 50.9 Å². The first-order valence-corrected chi connectivity index (χ1v) is 24.3. The van der Waals surface area contributed by atoms with Crippen LogP contribution in [0.1, 0.15) is 290 Å². The van der Waals surface area contributed by atoms with E-state index in [4.69, 9.17) is 17.2 Å². The fourth-order valence-electron chi connectivity index (χ4n) is 7.02. The van der Waals surface area contributed by atoms with Crippen molar-refractivity contribution >= 4 is 50.9 Å². The Morgan fingerprint density at radius 3 is 0.352 bits per heavy atom. The molecule has 3 nitrogen and oxygen atoms in total. The lowest BCUT2D eigenvalue weighted by Gasteiger charge is -2.02. The topological polar surface area (TPSA) is 78.1 Å². The Morgan fingerprint density at radius 2 is 0.259 bits per heavy atom. The van der Waals surface area contributed by atoms with Crippen LogP contribution in [0.25, 0.3) is 0 Å². The van der Waals surface area contributed by atoms with Gasteiger partial charge in [-0.1, -0.05) is 271 Å². The summed E-state index contributed by atoms with van der Waals surface area (Å²) in [4.78, 5) is 0. The van der Waals surface area contributed by atoms with Gasteiger partial charge in [0.05, 0.1) is 0 Å². The molecule has 0 spiro atoms. The van der Waals surface area contributed by atoms with Crippen LogP contribution >= 0.6 is 50.9 Å². The van der Waals surface area contributed by atoms with E-state index >= 15 is 0 Å². The van der Waals surface area contributed by atoms with Gasteiger partial charge in [0.2, 0.25) is 0 Å². The molecule has 0 fully saturated rings. The molecule has 0 amide bonds. The van der Waals surface area contributed by atoms with E-state index in [0.717, 1.165) is 19.6 Å². The van der Waals surface area contributed by atoms with Crippen molar-refractivity contribution in [3.63, 3.8) is 0 Å². The first kappa shape index (κ1) is 67.1. The minimum atomic E-state index is 0. The third-order valence-electron chi connectivity index (χ3n) is 10.7. The lowest BCUT2D eigenvalue weighted by atomic mass is 10.0. The summed E-state index contributed by atoms with van der Waals surface area (Å²) in [7, 11) is 0. The summed E-state index contributed by atoms with van der Waals surface area (Å²) in [5.41, 5.74) is 16.4. The zero-order valence-electron chi connectivity index (χ0n) is 37.8. The van der Waals surface area contributed by atoms with Crippen molar-refractivity contribution in [1.29, 1.82) is 0 Å². The molecule has 0 atom stereocenters. The zero-order valence-corrected chi connectivity index (χ0v) is 42.9. The monoisotopic (exact) mass is 964 g/mol. The molecule has 0 heterocycles. The van der Waals surface area contributed by atoms with Crippen LogP contribution in [-0.4, -0.2) is 19.6 Å². The van der Waals surface area contributed by atoms with Crippen LogP contribution in [0.2, 0.25) is 0 Å². The van der Waals surface area contributed by atoms with Crippen LogP contribution in [0.5, 0.6) is 0 Å². The van der Waals surface area contributed by atoms with Crippen LogP contribution < -0.4 is 17.2 Å². The highest BCUT2D eigenvalue weighted by Crippen LogP contribution is 2.15. The SMILES string of the molecule is Br.Br.Br.CCCCCCCCCCCCCCCCN.CCCCCCCCCCCCCCCCN.CCCCCCCCCCCCCCCCN. The van der Waals surface area contributed by atoms with Gasteiger partial charge in [0.1, 0.15) is 0 Å². The van der Waals surface area contributed by atoms with Crippen molar-refractivity contribution in [1.82, 2.24) is 0 Å². The molecule has 0 aromatic rings. The predicted molar refractivity (Wildman–Crippen MR) is 269 cm³/mol. The number of unbranched alkanes of at least 4 members (excludes halogenated alkanes) is 39. The van der Waals surface area contributed by atoms with Gasteiger partial charge in [-0.3, -0.25) is 0 Å². The maximum atomic E-state index is 5.47. The van der Waals surface area contributed by atoms with E-state index in [1.54, 1.807) is 0 Å². The predicted octanol–water partition coefficient (Wildman–Crippen LogP) is 18.0. The van der Waals surface area contributed by atoms with E-state index in [1.165, 1.54) is 270 Å². The molecule has 336 valence electrons. The average Bonchev–Trinajstić information content (AvgIpc) is 3.15. The Morgan fingerprint density at radius 1 is 0.167 bits per heavy atom. The second-order valence-corrected chi connectivity index (χ2v) is 16.2. The summed E-state index contributed by atoms with van der Waals surface area (Å²) in [5.74, 6) is 0. The molecular weight excluding hydrogens is 858 g/mol. The maximum Gasteiger partial charge on any atom is -0.00773 e. The molecule has 0 aliphatic heterocycles. The Kier molecular flexibility index (Phi) is 89.4. The Hall–Kier alpha value is 1.32. The molecule has 0 saturated carbocycles. The van der Waals surface area contributed by atoms with Gasteiger partial charge in [-0.2, -0.15) is 0 Å². The van der Waals surface area contributed by atoms with Crippen LogP contribution in [0, 0.1) is 0 Å². The fourth-order valence-corrected chi connectivity index (χ4v) is 7.02. The molecule has 0 bridgehead atoms. The summed E-state index contributed by atoms with van der Waals surface area (Å²) in [6.45, 7) is 9.47. The van der Waals surface area contributed by atoms with E-state index < -0.39 is 0 Å². The van der Waals surface area contributed by atoms with Gasteiger partial charge >= 0.3 is 0 Å². The second-order valence-electron chi connectivity index (χ2n) is 16.2. The molecule has 0 radical (unpaired) electrons. The van der Waals surface area contributed by atoms with Crippen LogP contribution in [-0.2, 0) is 0 Å². The van der Waals surface area contributed by atoms with Crippen molar-refractivity contribution in [3.05, 3.63) is 0 Å². The number of hydrogen-bond donors (Lipinski definition) is 3. The molecule has 6 heteroatoms. The molecule has 6 N–H and O–H groups in total. The third kappa shape index (κ3) is 77.8. The van der Waals surface area contributed by atoms with Gasteiger partial charge in [0.25, 0.3) is 0 Å². The number of nitrogens with two attached hydrogens (primary N) is 3. The highest BCUT2D eigenvalue weighted by atomic mass is 79.9. The van der Waals surface area contributed by atoms with Gasteiger partial charge in [0, 0.05) is 0 Å². The zero-order chi connectivity index (χ0) is 37.8. The standard InChI is InChI=1S/3C16H35N.3BrH/c3*1-2-3-4-5-6-7-8-9-10-11-12-13-14-15-16-17;;;/h3*2-17H2,1H3;3*1H. The van der Waals surface area contributed by atoms with Crippen molar-refractivity contribution in [3.8, 4) is 0 Å². The highest BCUT2D eigenvalue weighted by Gasteiger charge is 1.96. The average molecular weight is 967 g/mol. The van der Waals surface area contributed by atoms with Gasteiger partial charge in [-0.15, -0.1) is 50.9 Å². The van der Waals surface area contributed by atoms with Crippen LogP contribution in [0.4, 0.5) is 0 Å². The molecule has 0 aliphatic rings. The van der Waals surface area contributed by atoms with Crippen LogP contribution in [0.3, 0.4) is 0 Å². The minimum absolute atomic E-state index is 0. The molecule has 0 saturated heterocycles. The first-order valence-electron chi connectivity index (χ1n) is 24.3. The molecule has 0 unspecified atom stereocenters. The largest absolute Gasteiger partial charge is 0.330 e. The Bertz CT molecular complexity index is 414. The Balaban J connectivity index is -0.000000156. The molecule has 54 heavy (non-hydrogen) atoms. The highest BCUT2D eigenvalue weighted by molar-refractivity contribution is 8.93. The van der Waals surface area contributed by atoms with Crippen molar-refractivity contribution < 1.29 is 0 Å².